The normalized spacial score (nSPS) is 12.8. The number of benzene rings is 1. The van der Waals surface area contributed by atoms with Crippen molar-refractivity contribution < 1.29 is 13.9 Å². The maximum atomic E-state index is 13.7. The van der Waals surface area contributed by atoms with Gasteiger partial charge in [0, 0.05) is 30.2 Å². The highest BCUT2D eigenvalue weighted by Gasteiger charge is 2.20. The molecule has 23 heavy (non-hydrogen) atoms. The molecule has 1 unspecified atom stereocenters. The Hall–Kier alpha value is -1.14. The van der Waals surface area contributed by atoms with E-state index >= 15 is 0 Å². The number of nitrogens with one attached hydrogen (secondary N) is 1. The number of hydrogen-bond acceptors (Lipinski definition) is 3. The van der Waals surface area contributed by atoms with Crippen LogP contribution in [0.2, 0.25) is 0 Å². The number of carbonyl (C=O) groups excluding carboxylic acids is 1. The van der Waals surface area contributed by atoms with E-state index in [-0.39, 0.29) is 17.8 Å². The first kappa shape index (κ1) is 19.9. The summed E-state index contributed by atoms with van der Waals surface area (Å²) in [5.41, 5.74) is 0.132. The number of halogens is 2. The maximum Gasteiger partial charge on any atom is 0.410 e. The molecule has 1 aromatic carbocycles. The van der Waals surface area contributed by atoms with Gasteiger partial charge in [0.1, 0.15) is 11.4 Å². The minimum Gasteiger partial charge on any atom is -0.444 e. The molecule has 1 N–H and O–H groups in total. The van der Waals surface area contributed by atoms with Gasteiger partial charge in [-0.15, -0.1) is 0 Å². The fourth-order valence-electron chi connectivity index (χ4n) is 2.06. The van der Waals surface area contributed by atoms with Crippen LogP contribution in [0, 0.1) is 11.7 Å². The third-order valence-electron chi connectivity index (χ3n) is 3.11. The van der Waals surface area contributed by atoms with Crippen LogP contribution in [0.3, 0.4) is 0 Å². The first-order chi connectivity index (χ1) is 10.6. The Morgan fingerprint density at radius 3 is 2.65 bits per heavy atom. The van der Waals surface area contributed by atoms with Gasteiger partial charge in [-0.2, -0.15) is 0 Å². The summed E-state index contributed by atoms with van der Waals surface area (Å²) < 4.78 is 19.8. The molecule has 0 aliphatic heterocycles. The molecule has 0 aliphatic rings. The van der Waals surface area contributed by atoms with Gasteiger partial charge >= 0.3 is 6.09 Å². The van der Waals surface area contributed by atoms with Crippen molar-refractivity contribution in [2.75, 3.05) is 20.1 Å². The lowest BCUT2D eigenvalue weighted by Gasteiger charge is -2.26. The molecule has 0 spiro atoms. The van der Waals surface area contributed by atoms with Crippen LogP contribution in [0.25, 0.3) is 0 Å². The molecule has 0 bridgehead atoms. The van der Waals surface area contributed by atoms with Crippen molar-refractivity contribution in [1.82, 2.24) is 10.2 Å². The number of rotatable bonds is 6. The van der Waals surface area contributed by atoms with Gasteiger partial charge in [-0.05, 0) is 45.4 Å². The average molecular weight is 389 g/mol. The van der Waals surface area contributed by atoms with Crippen LogP contribution in [0.1, 0.15) is 33.3 Å². The van der Waals surface area contributed by atoms with Crippen molar-refractivity contribution in [2.45, 2.75) is 39.8 Å². The summed E-state index contributed by atoms with van der Waals surface area (Å²) in [6.45, 7) is 9.28. The van der Waals surface area contributed by atoms with E-state index in [1.165, 1.54) is 6.07 Å². The van der Waals surface area contributed by atoms with Crippen molar-refractivity contribution in [3.63, 3.8) is 0 Å². The number of nitrogens with zero attached hydrogens (tertiary/aromatic N) is 1. The average Bonchev–Trinajstić information content (AvgIpc) is 2.39. The van der Waals surface area contributed by atoms with Gasteiger partial charge in [-0.25, -0.2) is 9.18 Å². The van der Waals surface area contributed by atoms with E-state index in [4.69, 9.17) is 4.74 Å². The maximum absolute atomic E-state index is 13.7. The van der Waals surface area contributed by atoms with Crippen LogP contribution in [0.4, 0.5) is 9.18 Å². The summed E-state index contributed by atoms with van der Waals surface area (Å²) in [4.78, 5) is 13.5. The zero-order valence-corrected chi connectivity index (χ0v) is 16.0. The van der Waals surface area contributed by atoms with Crippen LogP contribution >= 0.6 is 15.9 Å². The second-order valence-corrected chi connectivity index (χ2v) is 7.75. The summed E-state index contributed by atoms with van der Waals surface area (Å²) in [7, 11) is 1.72. The Bertz CT molecular complexity index is 532. The molecule has 130 valence electrons. The minimum absolute atomic E-state index is 0.228. The Kier molecular flexibility index (Phi) is 7.48. The zero-order valence-electron chi connectivity index (χ0n) is 14.5. The molecule has 0 aliphatic carbocycles. The lowest BCUT2D eigenvalue weighted by molar-refractivity contribution is 0.0277. The minimum atomic E-state index is -0.494. The molecule has 1 atom stereocenters. The Morgan fingerprint density at radius 1 is 1.43 bits per heavy atom. The molecule has 1 rings (SSSR count). The lowest BCUT2D eigenvalue weighted by Crippen LogP contribution is -2.38. The molecule has 0 radical (unpaired) electrons. The highest BCUT2D eigenvalue weighted by molar-refractivity contribution is 9.10. The molecule has 0 saturated heterocycles. The first-order valence-corrected chi connectivity index (χ1v) is 8.46. The topological polar surface area (TPSA) is 41.6 Å². The largest absolute Gasteiger partial charge is 0.444 e. The van der Waals surface area contributed by atoms with Crippen molar-refractivity contribution in [3.05, 3.63) is 34.1 Å². The van der Waals surface area contributed by atoms with Gasteiger partial charge in [0.2, 0.25) is 0 Å². The number of ether oxygens (including phenoxy) is 1. The summed E-state index contributed by atoms with van der Waals surface area (Å²) >= 11 is 3.24. The Morgan fingerprint density at radius 2 is 2.09 bits per heavy atom. The van der Waals surface area contributed by atoms with Crippen LogP contribution in [-0.2, 0) is 11.3 Å². The summed E-state index contributed by atoms with van der Waals surface area (Å²) in [5, 5.41) is 3.22. The summed E-state index contributed by atoms with van der Waals surface area (Å²) in [6.07, 6.45) is -0.330. The Balaban J connectivity index is 2.36. The van der Waals surface area contributed by atoms with Gasteiger partial charge < -0.3 is 15.0 Å². The molecule has 4 nitrogen and oxygen atoms in total. The third kappa shape index (κ3) is 7.79. The SMILES string of the molecule is CC(CNCc1ccc(Br)cc1F)CN(C)C(=O)OC(C)(C)C. The second kappa shape index (κ2) is 8.64. The number of carbonyl (C=O) groups is 1. The first-order valence-electron chi connectivity index (χ1n) is 7.67. The van der Waals surface area contributed by atoms with Gasteiger partial charge in [0.25, 0.3) is 0 Å². The molecule has 0 fully saturated rings. The third-order valence-corrected chi connectivity index (χ3v) is 3.61. The van der Waals surface area contributed by atoms with Crippen LogP contribution in [0.5, 0.6) is 0 Å². The van der Waals surface area contributed by atoms with Gasteiger partial charge in [-0.3, -0.25) is 0 Å². The number of amides is 1. The van der Waals surface area contributed by atoms with Gasteiger partial charge in [0.15, 0.2) is 0 Å². The van der Waals surface area contributed by atoms with E-state index in [0.29, 0.717) is 25.2 Å². The predicted octanol–water partition coefficient (Wildman–Crippen LogP) is 4.18. The van der Waals surface area contributed by atoms with Crippen LogP contribution in [0.15, 0.2) is 22.7 Å². The standard InChI is InChI=1S/C17H26BrFN2O2/c1-12(11-21(5)16(22)23-17(2,3)4)9-20-10-13-6-7-14(18)8-15(13)19/h6-8,12,20H,9-11H2,1-5H3. The fourth-order valence-corrected chi connectivity index (χ4v) is 2.40. The molecule has 0 aromatic heterocycles. The van der Waals surface area contributed by atoms with E-state index in [1.807, 2.05) is 33.8 Å². The highest BCUT2D eigenvalue weighted by Crippen LogP contribution is 2.15. The predicted molar refractivity (Wildman–Crippen MR) is 93.8 cm³/mol. The van der Waals surface area contributed by atoms with E-state index in [2.05, 4.69) is 21.2 Å². The molecule has 0 saturated carbocycles. The van der Waals surface area contributed by atoms with Crippen molar-refractivity contribution in [1.29, 1.82) is 0 Å². The molecule has 1 aromatic rings. The Labute approximate surface area is 146 Å². The van der Waals surface area contributed by atoms with Crippen molar-refractivity contribution >= 4 is 22.0 Å². The van der Waals surface area contributed by atoms with Gasteiger partial charge in [-0.1, -0.05) is 28.9 Å². The fraction of sp³-hybridized carbons (Fsp3) is 0.588. The van der Waals surface area contributed by atoms with Crippen molar-refractivity contribution in [3.8, 4) is 0 Å². The lowest BCUT2D eigenvalue weighted by atomic mass is 10.1. The van der Waals surface area contributed by atoms with Gasteiger partial charge in [0.05, 0.1) is 0 Å². The van der Waals surface area contributed by atoms with E-state index < -0.39 is 5.60 Å². The van der Waals surface area contributed by atoms with E-state index in [1.54, 1.807) is 18.0 Å². The smallest absolute Gasteiger partial charge is 0.410 e. The highest BCUT2D eigenvalue weighted by atomic mass is 79.9. The van der Waals surface area contributed by atoms with E-state index in [9.17, 15) is 9.18 Å². The van der Waals surface area contributed by atoms with E-state index in [0.717, 1.165) is 4.47 Å². The number of hydrogen-bond donors (Lipinski definition) is 1. The second-order valence-electron chi connectivity index (χ2n) is 6.83. The molecule has 6 heteroatoms. The quantitative estimate of drug-likeness (QED) is 0.794. The zero-order chi connectivity index (χ0) is 17.6. The van der Waals surface area contributed by atoms with Crippen molar-refractivity contribution in [2.24, 2.45) is 5.92 Å². The monoisotopic (exact) mass is 388 g/mol. The molecular weight excluding hydrogens is 363 g/mol. The molecular formula is C17H26BrFN2O2. The van der Waals surface area contributed by atoms with Crippen LogP contribution < -0.4 is 5.32 Å². The van der Waals surface area contributed by atoms with Crippen LogP contribution in [-0.4, -0.2) is 36.7 Å². The summed E-state index contributed by atoms with van der Waals surface area (Å²) in [5.74, 6) is -0.00331. The molecule has 1 amide bonds. The summed E-state index contributed by atoms with van der Waals surface area (Å²) in [6, 6.07) is 5.03. The molecule has 0 heterocycles.